The van der Waals surface area contributed by atoms with E-state index in [9.17, 15) is 14.4 Å². The second-order valence-corrected chi connectivity index (χ2v) is 8.53. The summed E-state index contributed by atoms with van der Waals surface area (Å²) in [5.41, 5.74) is -0.0926. The van der Waals surface area contributed by atoms with E-state index in [0.717, 1.165) is 11.1 Å². The van der Waals surface area contributed by atoms with E-state index in [4.69, 9.17) is 9.47 Å². The lowest BCUT2D eigenvalue weighted by atomic mass is 9.75. The topological polar surface area (TPSA) is 81.7 Å². The highest BCUT2D eigenvalue weighted by Crippen LogP contribution is 2.32. The highest BCUT2D eigenvalue weighted by molar-refractivity contribution is 5.94. The summed E-state index contributed by atoms with van der Waals surface area (Å²) in [4.78, 5) is 38.0. The molecule has 0 aliphatic heterocycles. The molecule has 1 N–H and O–H groups in total. The Morgan fingerprint density at radius 1 is 0.871 bits per heavy atom. The molecule has 0 aliphatic carbocycles. The summed E-state index contributed by atoms with van der Waals surface area (Å²) in [6.07, 6.45) is 0.0533. The molecular weight excluding hydrogens is 394 g/mol. The molecule has 0 aliphatic rings. The number of nitrogens with one attached hydrogen (secondary N) is 1. The summed E-state index contributed by atoms with van der Waals surface area (Å²) in [5.74, 6) is -1.41. The van der Waals surface area contributed by atoms with Crippen molar-refractivity contribution in [1.82, 2.24) is 5.32 Å². The van der Waals surface area contributed by atoms with Crippen LogP contribution in [0.25, 0.3) is 0 Å². The Hall–Kier alpha value is -3.15. The largest absolute Gasteiger partial charge is 0.467 e. The number of methoxy groups -OCH3 is 1. The van der Waals surface area contributed by atoms with Crippen LogP contribution in [-0.4, -0.2) is 36.6 Å². The van der Waals surface area contributed by atoms with Crippen LogP contribution >= 0.6 is 0 Å². The SMILES string of the molecule is COC(=O)[C@H](CCC(=O)OC(C)(C)C)NC(=O)C(C)(c1ccccc1)c1ccccc1. The lowest BCUT2D eigenvalue weighted by Crippen LogP contribution is -2.50. The van der Waals surface area contributed by atoms with Gasteiger partial charge in [0.25, 0.3) is 0 Å². The molecule has 1 amide bonds. The van der Waals surface area contributed by atoms with Crippen LogP contribution in [0, 0.1) is 0 Å². The quantitative estimate of drug-likeness (QED) is 0.651. The minimum absolute atomic E-state index is 0.0231. The number of benzene rings is 2. The van der Waals surface area contributed by atoms with E-state index < -0.39 is 29.0 Å². The van der Waals surface area contributed by atoms with E-state index >= 15 is 0 Å². The molecule has 166 valence electrons. The number of carbonyl (C=O) groups is 3. The van der Waals surface area contributed by atoms with Crippen LogP contribution < -0.4 is 5.32 Å². The second-order valence-electron chi connectivity index (χ2n) is 8.53. The minimum atomic E-state index is -1.04. The molecule has 0 bridgehead atoms. The monoisotopic (exact) mass is 425 g/mol. The number of amides is 1. The van der Waals surface area contributed by atoms with Crippen molar-refractivity contribution in [1.29, 1.82) is 0 Å². The Morgan fingerprint density at radius 3 is 1.77 bits per heavy atom. The molecule has 2 aromatic carbocycles. The Labute approximate surface area is 183 Å². The predicted octanol–water partition coefficient (Wildman–Crippen LogP) is 3.77. The third-order valence-corrected chi connectivity index (χ3v) is 5.00. The van der Waals surface area contributed by atoms with Gasteiger partial charge in [-0.05, 0) is 45.2 Å². The molecule has 0 aromatic heterocycles. The van der Waals surface area contributed by atoms with Gasteiger partial charge in [-0.25, -0.2) is 4.79 Å². The molecule has 6 heteroatoms. The molecule has 2 aromatic rings. The van der Waals surface area contributed by atoms with Crippen molar-refractivity contribution in [2.24, 2.45) is 0 Å². The zero-order valence-corrected chi connectivity index (χ0v) is 18.8. The summed E-state index contributed by atoms with van der Waals surface area (Å²) in [6.45, 7) is 7.13. The third kappa shape index (κ3) is 6.41. The van der Waals surface area contributed by atoms with Crippen LogP contribution in [0.2, 0.25) is 0 Å². The standard InChI is InChI=1S/C25H31NO5/c1-24(2,3)31-21(27)17-16-20(22(28)30-5)26-23(29)25(4,18-12-8-6-9-13-18)19-14-10-7-11-15-19/h6-15,20H,16-17H2,1-5H3,(H,26,29)/t20-/m0/s1. The Morgan fingerprint density at radius 2 is 1.35 bits per heavy atom. The van der Waals surface area contributed by atoms with Crippen molar-refractivity contribution in [2.75, 3.05) is 7.11 Å². The van der Waals surface area contributed by atoms with Crippen LogP contribution in [0.1, 0.15) is 51.7 Å². The maximum absolute atomic E-state index is 13.5. The first-order valence-corrected chi connectivity index (χ1v) is 10.3. The lowest BCUT2D eigenvalue weighted by molar-refractivity contribution is -0.155. The molecule has 0 unspecified atom stereocenters. The maximum atomic E-state index is 13.5. The van der Waals surface area contributed by atoms with Gasteiger partial charge in [0.2, 0.25) is 5.91 Å². The van der Waals surface area contributed by atoms with E-state index in [0.29, 0.717) is 0 Å². The molecule has 0 saturated carbocycles. The fraction of sp³-hybridized carbons (Fsp3) is 0.400. The van der Waals surface area contributed by atoms with Gasteiger partial charge in [0.05, 0.1) is 12.5 Å². The van der Waals surface area contributed by atoms with Gasteiger partial charge in [0.15, 0.2) is 0 Å². The fourth-order valence-corrected chi connectivity index (χ4v) is 3.32. The van der Waals surface area contributed by atoms with Crippen molar-refractivity contribution in [3.63, 3.8) is 0 Å². The van der Waals surface area contributed by atoms with Crippen molar-refractivity contribution in [3.05, 3.63) is 71.8 Å². The molecule has 0 fully saturated rings. The average molecular weight is 426 g/mol. The zero-order valence-electron chi connectivity index (χ0n) is 18.8. The normalized spacial score (nSPS) is 12.5. The second kappa shape index (κ2) is 10.2. The number of hydrogen-bond donors (Lipinski definition) is 1. The molecule has 6 nitrogen and oxygen atoms in total. The third-order valence-electron chi connectivity index (χ3n) is 5.00. The lowest BCUT2D eigenvalue weighted by Gasteiger charge is -2.31. The molecule has 0 radical (unpaired) electrons. The van der Waals surface area contributed by atoms with Crippen LogP contribution in [0.15, 0.2) is 60.7 Å². The van der Waals surface area contributed by atoms with Crippen LogP contribution in [0.3, 0.4) is 0 Å². The van der Waals surface area contributed by atoms with Gasteiger partial charge in [0, 0.05) is 6.42 Å². The van der Waals surface area contributed by atoms with E-state index in [1.165, 1.54) is 7.11 Å². The Kier molecular flexibility index (Phi) is 7.97. The van der Waals surface area contributed by atoms with E-state index in [2.05, 4.69) is 5.32 Å². The highest BCUT2D eigenvalue weighted by Gasteiger charge is 2.39. The van der Waals surface area contributed by atoms with Gasteiger partial charge in [-0.2, -0.15) is 0 Å². The first-order chi connectivity index (χ1) is 14.6. The molecule has 1 atom stereocenters. The van der Waals surface area contributed by atoms with Crippen molar-refractivity contribution >= 4 is 17.8 Å². The van der Waals surface area contributed by atoms with Gasteiger partial charge in [0.1, 0.15) is 11.6 Å². The van der Waals surface area contributed by atoms with E-state index in [1.807, 2.05) is 67.6 Å². The fourth-order valence-electron chi connectivity index (χ4n) is 3.32. The molecule has 0 heterocycles. The van der Waals surface area contributed by atoms with Crippen LogP contribution in [-0.2, 0) is 29.3 Å². The number of rotatable bonds is 8. The average Bonchev–Trinajstić information content (AvgIpc) is 2.75. The molecule has 0 spiro atoms. The summed E-state index contributed by atoms with van der Waals surface area (Å²) in [5, 5.41) is 2.80. The predicted molar refractivity (Wildman–Crippen MR) is 118 cm³/mol. The minimum Gasteiger partial charge on any atom is -0.467 e. The van der Waals surface area contributed by atoms with Gasteiger partial charge >= 0.3 is 11.9 Å². The molecule has 0 saturated heterocycles. The number of hydrogen-bond acceptors (Lipinski definition) is 5. The Bertz CT molecular complexity index is 848. The van der Waals surface area contributed by atoms with Crippen LogP contribution in [0.4, 0.5) is 0 Å². The number of carbonyl (C=O) groups excluding carboxylic acids is 3. The molecular formula is C25H31NO5. The summed E-state index contributed by atoms with van der Waals surface area (Å²) in [7, 11) is 1.25. The van der Waals surface area contributed by atoms with Crippen molar-refractivity contribution < 1.29 is 23.9 Å². The number of ether oxygens (including phenoxy) is 2. The van der Waals surface area contributed by atoms with Gasteiger partial charge in [-0.3, -0.25) is 9.59 Å². The van der Waals surface area contributed by atoms with Gasteiger partial charge < -0.3 is 14.8 Å². The van der Waals surface area contributed by atoms with E-state index in [-0.39, 0.29) is 18.7 Å². The first kappa shape index (κ1) is 24.1. The van der Waals surface area contributed by atoms with Gasteiger partial charge in [-0.15, -0.1) is 0 Å². The zero-order chi connectivity index (χ0) is 23.1. The summed E-state index contributed by atoms with van der Waals surface area (Å²) < 4.78 is 10.2. The van der Waals surface area contributed by atoms with Crippen LogP contribution in [0.5, 0.6) is 0 Å². The molecule has 31 heavy (non-hydrogen) atoms. The van der Waals surface area contributed by atoms with Crippen molar-refractivity contribution in [3.8, 4) is 0 Å². The van der Waals surface area contributed by atoms with Crippen molar-refractivity contribution in [2.45, 2.75) is 57.6 Å². The number of esters is 2. The summed E-state index contributed by atoms with van der Waals surface area (Å²) >= 11 is 0. The summed E-state index contributed by atoms with van der Waals surface area (Å²) in [6, 6.07) is 17.7. The smallest absolute Gasteiger partial charge is 0.328 e. The Balaban J connectivity index is 2.28. The van der Waals surface area contributed by atoms with E-state index in [1.54, 1.807) is 20.8 Å². The highest BCUT2D eigenvalue weighted by atomic mass is 16.6. The molecule has 2 rings (SSSR count). The maximum Gasteiger partial charge on any atom is 0.328 e. The first-order valence-electron chi connectivity index (χ1n) is 10.3. The van der Waals surface area contributed by atoms with Gasteiger partial charge in [-0.1, -0.05) is 60.7 Å².